The standard InChI is InChI=1S/C11H14BrN3O2S/c12-8-5-7(1-2-10(8)16)6-9(15-13)11(17)14-3-4-18/h1-2,5,16,18H,3-4,6,13H2,(H,14,17)/b15-9+. The maximum atomic E-state index is 11.7. The van der Waals surface area contributed by atoms with E-state index in [-0.39, 0.29) is 17.4 Å². The molecule has 18 heavy (non-hydrogen) atoms. The second-order valence-corrected chi connectivity index (χ2v) is 4.82. The Hall–Kier alpha value is -1.21. The number of halogens is 1. The van der Waals surface area contributed by atoms with Crippen LogP contribution in [0.1, 0.15) is 5.56 Å². The monoisotopic (exact) mass is 331 g/mol. The van der Waals surface area contributed by atoms with E-state index < -0.39 is 0 Å². The molecule has 0 spiro atoms. The highest BCUT2D eigenvalue weighted by Crippen LogP contribution is 2.24. The Morgan fingerprint density at radius 3 is 2.83 bits per heavy atom. The van der Waals surface area contributed by atoms with Crippen molar-refractivity contribution < 1.29 is 9.90 Å². The second-order valence-electron chi connectivity index (χ2n) is 3.52. The van der Waals surface area contributed by atoms with Gasteiger partial charge in [-0.25, -0.2) is 0 Å². The number of hydrazone groups is 1. The lowest BCUT2D eigenvalue weighted by Gasteiger charge is -2.07. The van der Waals surface area contributed by atoms with Gasteiger partial charge in [-0.3, -0.25) is 4.79 Å². The molecule has 0 atom stereocenters. The van der Waals surface area contributed by atoms with Crippen LogP contribution < -0.4 is 11.2 Å². The number of thiol groups is 1. The average Bonchev–Trinajstić information content (AvgIpc) is 2.37. The molecule has 0 radical (unpaired) electrons. The Kier molecular flexibility index (Phi) is 6.00. The fraction of sp³-hybridized carbons (Fsp3) is 0.273. The van der Waals surface area contributed by atoms with Crippen LogP contribution in [0.3, 0.4) is 0 Å². The van der Waals surface area contributed by atoms with Crippen molar-refractivity contribution in [2.24, 2.45) is 10.9 Å². The highest BCUT2D eigenvalue weighted by atomic mass is 79.9. The minimum absolute atomic E-state index is 0.143. The van der Waals surface area contributed by atoms with Gasteiger partial charge in [-0.1, -0.05) is 6.07 Å². The maximum absolute atomic E-state index is 11.7. The fourth-order valence-electron chi connectivity index (χ4n) is 1.31. The van der Waals surface area contributed by atoms with Crippen molar-refractivity contribution in [1.82, 2.24) is 5.32 Å². The molecule has 98 valence electrons. The quantitative estimate of drug-likeness (QED) is 0.281. The molecule has 1 amide bonds. The zero-order valence-electron chi connectivity index (χ0n) is 9.56. The van der Waals surface area contributed by atoms with E-state index in [2.05, 4.69) is 39.0 Å². The Bertz CT molecular complexity index is 466. The summed E-state index contributed by atoms with van der Waals surface area (Å²) in [4.78, 5) is 11.7. The van der Waals surface area contributed by atoms with Gasteiger partial charge < -0.3 is 16.3 Å². The van der Waals surface area contributed by atoms with Gasteiger partial charge in [0.05, 0.1) is 4.47 Å². The summed E-state index contributed by atoms with van der Waals surface area (Å²) in [6.45, 7) is 0.459. The molecule has 0 aliphatic carbocycles. The summed E-state index contributed by atoms with van der Waals surface area (Å²) in [7, 11) is 0. The van der Waals surface area contributed by atoms with E-state index in [0.717, 1.165) is 5.56 Å². The third-order valence-electron chi connectivity index (χ3n) is 2.20. The Morgan fingerprint density at radius 2 is 2.28 bits per heavy atom. The van der Waals surface area contributed by atoms with Crippen LogP contribution in [-0.4, -0.2) is 29.0 Å². The maximum Gasteiger partial charge on any atom is 0.267 e. The topological polar surface area (TPSA) is 87.7 Å². The number of carbonyl (C=O) groups is 1. The number of nitrogens with one attached hydrogen (secondary N) is 1. The number of hydrogen-bond donors (Lipinski definition) is 4. The van der Waals surface area contributed by atoms with Crippen LogP contribution in [0.2, 0.25) is 0 Å². The predicted molar refractivity (Wildman–Crippen MR) is 78.0 cm³/mol. The van der Waals surface area contributed by atoms with Crippen LogP contribution in [0.5, 0.6) is 5.75 Å². The molecular formula is C11H14BrN3O2S. The first-order chi connectivity index (χ1) is 8.58. The van der Waals surface area contributed by atoms with Gasteiger partial charge in [0.25, 0.3) is 5.91 Å². The average molecular weight is 332 g/mol. The molecule has 1 aromatic carbocycles. The lowest BCUT2D eigenvalue weighted by molar-refractivity contribution is -0.114. The first kappa shape index (κ1) is 14.8. The molecule has 4 N–H and O–H groups in total. The number of phenolic OH excluding ortho intramolecular Hbond substituents is 1. The summed E-state index contributed by atoms with van der Waals surface area (Å²) in [5.74, 6) is 5.59. The normalized spacial score (nSPS) is 11.3. The summed E-state index contributed by atoms with van der Waals surface area (Å²) < 4.78 is 0.562. The zero-order valence-corrected chi connectivity index (χ0v) is 12.0. The number of nitrogens with two attached hydrogens (primary N) is 1. The molecule has 0 fully saturated rings. The van der Waals surface area contributed by atoms with Crippen molar-refractivity contribution in [1.29, 1.82) is 0 Å². The van der Waals surface area contributed by atoms with Crippen molar-refractivity contribution >= 4 is 40.2 Å². The number of hydrogen-bond acceptors (Lipinski definition) is 5. The molecule has 1 aromatic rings. The molecule has 5 nitrogen and oxygen atoms in total. The van der Waals surface area contributed by atoms with Crippen molar-refractivity contribution in [2.45, 2.75) is 6.42 Å². The van der Waals surface area contributed by atoms with Crippen molar-refractivity contribution in [2.75, 3.05) is 12.3 Å². The smallest absolute Gasteiger partial charge is 0.267 e. The Balaban J connectivity index is 2.74. The van der Waals surface area contributed by atoms with E-state index in [1.165, 1.54) is 0 Å². The van der Waals surface area contributed by atoms with Gasteiger partial charge in [0.2, 0.25) is 0 Å². The summed E-state index contributed by atoms with van der Waals surface area (Å²) in [5, 5.41) is 15.5. The van der Waals surface area contributed by atoms with Gasteiger partial charge >= 0.3 is 0 Å². The largest absolute Gasteiger partial charge is 0.507 e. The van der Waals surface area contributed by atoms with Crippen molar-refractivity contribution in [3.05, 3.63) is 28.2 Å². The molecule has 0 saturated heterocycles. The third-order valence-corrected chi connectivity index (χ3v) is 3.06. The predicted octanol–water partition coefficient (Wildman–Crippen LogP) is 1.06. The van der Waals surface area contributed by atoms with Gasteiger partial charge in [-0.2, -0.15) is 17.7 Å². The van der Waals surface area contributed by atoms with Crippen LogP contribution in [0.4, 0.5) is 0 Å². The molecule has 0 saturated carbocycles. The lowest BCUT2D eigenvalue weighted by Crippen LogP contribution is -2.34. The Morgan fingerprint density at radius 1 is 1.56 bits per heavy atom. The van der Waals surface area contributed by atoms with Gasteiger partial charge in [-0.05, 0) is 33.6 Å². The first-order valence-electron chi connectivity index (χ1n) is 5.21. The number of benzene rings is 1. The van der Waals surface area contributed by atoms with Crippen LogP contribution >= 0.6 is 28.6 Å². The third kappa shape index (κ3) is 4.23. The zero-order chi connectivity index (χ0) is 13.5. The van der Waals surface area contributed by atoms with E-state index in [4.69, 9.17) is 5.84 Å². The molecule has 1 rings (SSSR count). The fourth-order valence-corrected chi connectivity index (χ4v) is 1.85. The molecule has 7 heteroatoms. The van der Waals surface area contributed by atoms with Crippen LogP contribution in [0.25, 0.3) is 0 Å². The van der Waals surface area contributed by atoms with Gasteiger partial charge in [-0.15, -0.1) is 0 Å². The molecule has 0 unspecified atom stereocenters. The minimum atomic E-state index is -0.309. The summed E-state index contributed by atoms with van der Waals surface area (Å²) in [6.07, 6.45) is 0.299. The molecule has 0 aromatic heterocycles. The number of amides is 1. The lowest BCUT2D eigenvalue weighted by atomic mass is 10.1. The highest BCUT2D eigenvalue weighted by Gasteiger charge is 2.12. The summed E-state index contributed by atoms with van der Waals surface area (Å²) in [5.41, 5.74) is 1.05. The number of aromatic hydroxyl groups is 1. The van der Waals surface area contributed by atoms with E-state index in [0.29, 0.717) is 23.2 Å². The number of rotatable bonds is 5. The van der Waals surface area contributed by atoms with Crippen LogP contribution in [-0.2, 0) is 11.2 Å². The molecular weight excluding hydrogens is 318 g/mol. The molecule has 0 bridgehead atoms. The number of nitrogens with zero attached hydrogens (tertiary/aromatic N) is 1. The van der Waals surface area contributed by atoms with E-state index >= 15 is 0 Å². The minimum Gasteiger partial charge on any atom is -0.507 e. The van der Waals surface area contributed by atoms with Crippen molar-refractivity contribution in [3.63, 3.8) is 0 Å². The SMILES string of the molecule is N/N=C(\Cc1ccc(O)c(Br)c1)C(=O)NCCS. The molecule has 0 aliphatic rings. The van der Waals surface area contributed by atoms with E-state index in [1.54, 1.807) is 18.2 Å². The summed E-state index contributed by atoms with van der Waals surface area (Å²) in [6, 6.07) is 4.96. The molecule has 0 aliphatic heterocycles. The summed E-state index contributed by atoms with van der Waals surface area (Å²) >= 11 is 7.20. The number of carbonyl (C=O) groups excluding carboxylic acids is 1. The van der Waals surface area contributed by atoms with Crippen LogP contribution in [0.15, 0.2) is 27.8 Å². The van der Waals surface area contributed by atoms with Crippen LogP contribution in [0, 0.1) is 0 Å². The first-order valence-corrected chi connectivity index (χ1v) is 6.64. The Labute approximate surface area is 119 Å². The van der Waals surface area contributed by atoms with Gasteiger partial charge in [0, 0.05) is 18.7 Å². The van der Waals surface area contributed by atoms with Crippen molar-refractivity contribution in [3.8, 4) is 5.75 Å². The highest BCUT2D eigenvalue weighted by molar-refractivity contribution is 9.10. The van der Waals surface area contributed by atoms with E-state index in [1.807, 2.05) is 0 Å². The van der Waals surface area contributed by atoms with E-state index in [9.17, 15) is 9.90 Å². The van der Waals surface area contributed by atoms with Gasteiger partial charge in [0.1, 0.15) is 11.5 Å². The van der Waals surface area contributed by atoms with Gasteiger partial charge in [0.15, 0.2) is 0 Å². The molecule has 0 heterocycles. The number of phenols is 1. The second kappa shape index (κ2) is 7.27.